The summed E-state index contributed by atoms with van der Waals surface area (Å²) in [4.78, 5) is 27.3. The first kappa shape index (κ1) is 21.7. The highest BCUT2D eigenvalue weighted by Crippen LogP contribution is 2.37. The van der Waals surface area contributed by atoms with Crippen LogP contribution in [0.15, 0.2) is 72.2 Å². The van der Waals surface area contributed by atoms with Crippen molar-refractivity contribution in [3.8, 4) is 11.5 Å². The Balaban J connectivity index is 1.61. The van der Waals surface area contributed by atoms with E-state index in [0.29, 0.717) is 22.8 Å². The molecule has 3 aromatic carbocycles. The predicted octanol–water partition coefficient (Wildman–Crippen LogP) is 5.82. The number of ether oxygens (including phenoxy) is 2. The molecular weight excluding hydrogens is 422 g/mol. The summed E-state index contributed by atoms with van der Waals surface area (Å²) in [6.45, 7) is 4.03. The lowest BCUT2D eigenvalue weighted by Gasteiger charge is -2.14. The van der Waals surface area contributed by atoms with Gasteiger partial charge >= 0.3 is 0 Å². The van der Waals surface area contributed by atoms with Crippen LogP contribution in [0.3, 0.4) is 0 Å². The predicted molar refractivity (Wildman–Crippen MR) is 129 cm³/mol. The largest absolute Gasteiger partial charge is 0.493 e. The number of methoxy groups -OCH3 is 2. The van der Waals surface area contributed by atoms with Gasteiger partial charge in [0.05, 0.1) is 25.7 Å². The molecule has 0 N–H and O–H groups in total. The molecule has 3 aromatic rings. The Morgan fingerprint density at radius 1 is 1.00 bits per heavy atom. The summed E-state index contributed by atoms with van der Waals surface area (Å²) in [5.74, 6) is 0.899. The molecule has 0 spiro atoms. The lowest BCUT2D eigenvalue weighted by Crippen LogP contribution is -2.27. The molecule has 5 nitrogen and oxygen atoms in total. The average Bonchev–Trinajstić information content (AvgIpc) is 3.06. The van der Waals surface area contributed by atoms with Crippen molar-refractivity contribution >= 4 is 39.8 Å². The van der Waals surface area contributed by atoms with Gasteiger partial charge in [-0.1, -0.05) is 42.5 Å². The Morgan fingerprint density at radius 2 is 1.78 bits per heavy atom. The van der Waals surface area contributed by atoms with Gasteiger partial charge in [0.1, 0.15) is 0 Å². The lowest BCUT2D eigenvalue weighted by atomic mass is 10.0. The molecule has 0 bridgehead atoms. The standard InChI is InChI=1S/C26H23NO4S/c1-4-7-21-13-18(14-22(30-2)24(21)31-3)15-23-25(28)27(26(29)32-23)16-17-10-11-19-8-5-6-9-20(19)12-17/h4-6,8-15H,1,7,16H2,2-3H3/b23-15-. The van der Waals surface area contributed by atoms with E-state index in [0.717, 1.165) is 39.2 Å². The van der Waals surface area contributed by atoms with Crippen molar-refractivity contribution in [3.63, 3.8) is 0 Å². The summed E-state index contributed by atoms with van der Waals surface area (Å²) in [5, 5.41) is 1.92. The molecule has 1 saturated heterocycles. The van der Waals surface area contributed by atoms with Gasteiger partial charge in [0, 0.05) is 5.56 Å². The van der Waals surface area contributed by atoms with E-state index >= 15 is 0 Å². The highest BCUT2D eigenvalue weighted by atomic mass is 32.2. The van der Waals surface area contributed by atoms with E-state index in [9.17, 15) is 9.59 Å². The molecule has 0 aromatic heterocycles. The Morgan fingerprint density at radius 3 is 2.50 bits per heavy atom. The van der Waals surface area contributed by atoms with Crippen LogP contribution in [0.2, 0.25) is 0 Å². The van der Waals surface area contributed by atoms with E-state index in [1.807, 2.05) is 48.5 Å². The fourth-order valence-electron chi connectivity index (χ4n) is 3.76. The Hall–Kier alpha value is -3.51. The first-order valence-corrected chi connectivity index (χ1v) is 10.9. The number of carbonyl (C=O) groups is 2. The zero-order valence-electron chi connectivity index (χ0n) is 18.0. The summed E-state index contributed by atoms with van der Waals surface area (Å²) in [5.41, 5.74) is 2.56. The molecule has 6 heteroatoms. The van der Waals surface area contributed by atoms with Crippen molar-refractivity contribution in [2.24, 2.45) is 0 Å². The molecule has 1 heterocycles. The topological polar surface area (TPSA) is 55.8 Å². The second-order valence-electron chi connectivity index (χ2n) is 7.36. The third-order valence-corrected chi connectivity index (χ3v) is 6.18. The molecule has 162 valence electrons. The monoisotopic (exact) mass is 445 g/mol. The van der Waals surface area contributed by atoms with Crippen LogP contribution in [-0.2, 0) is 17.8 Å². The summed E-state index contributed by atoms with van der Waals surface area (Å²) in [7, 11) is 3.15. The van der Waals surface area contributed by atoms with Gasteiger partial charge in [0.15, 0.2) is 11.5 Å². The van der Waals surface area contributed by atoms with Crippen LogP contribution in [0.5, 0.6) is 11.5 Å². The molecule has 1 fully saturated rings. The van der Waals surface area contributed by atoms with Gasteiger partial charge in [-0.3, -0.25) is 14.5 Å². The maximum absolute atomic E-state index is 13.0. The maximum atomic E-state index is 13.0. The molecule has 0 aliphatic carbocycles. The number of fused-ring (bicyclic) bond motifs is 1. The highest BCUT2D eigenvalue weighted by Gasteiger charge is 2.35. The zero-order chi connectivity index (χ0) is 22.7. The number of allylic oxidation sites excluding steroid dienone is 1. The van der Waals surface area contributed by atoms with Crippen LogP contribution in [0.4, 0.5) is 4.79 Å². The zero-order valence-corrected chi connectivity index (χ0v) is 18.8. The van der Waals surface area contributed by atoms with Crippen LogP contribution in [-0.4, -0.2) is 30.3 Å². The van der Waals surface area contributed by atoms with Crippen molar-refractivity contribution in [2.45, 2.75) is 13.0 Å². The number of benzene rings is 3. The first-order valence-electron chi connectivity index (χ1n) is 10.1. The number of rotatable bonds is 7. The Labute approximate surface area is 191 Å². The van der Waals surface area contributed by atoms with Crippen LogP contribution in [0, 0.1) is 0 Å². The minimum Gasteiger partial charge on any atom is -0.493 e. The molecule has 1 aliphatic rings. The fraction of sp³-hybridized carbons (Fsp3) is 0.154. The van der Waals surface area contributed by atoms with Gasteiger partial charge in [-0.2, -0.15) is 0 Å². The summed E-state index contributed by atoms with van der Waals surface area (Å²) >= 11 is 0.948. The van der Waals surface area contributed by atoms with E-state index in [2.05, 4.69) is 6.58 Å². The Kier molecular flexibility index (Phi) is 6.32. The minimum absolute atomic E-state index is 0.237. The minimum atomic E-state index is -0.298. The molecule has 0 atom stereocenters. The van der Waals surface area contributed by atoms with Gasteiger partial charge < -0.3 is 9.47 Å². The SMILES string of the molecule is C=CCc1cc(/C=C2\SC(=O)N(Cc3ccc4ccccc4c3)C2=O)cc(OC)c1OC. The maximum Gasteiger partial charge on any atom is 0.293 e. The van der Waals surface area contributed by atoms with Crippen molar-refractivity contribution < 1.29 is 19.1 Å². The number of imide groups is 1. The molecule has 2 amide bonds. The summed E-state index contributed by atoms with van der Waals surface area (Å²) < 4.78 is 10.9. The van der Waals surface area contributed by atoms with Crippen molar-refractivity contribution in [3.05, 3.63) is 88.8 Å². The van der Waals surface area contributed by atoms with Crippen molar-refractivity contribution in [1.29, 1.82) is 0 Å². The smallest absolute Gasteiger partial charge is 0.293 e. The van der Waals surface area contributed by atoms with Crippen LogP contribution >= 0.6 is 11.8 Å². The number of thioether (sulfide) groups is 1. The highest BCUT2D eigenvalue weighted by molar-refractivity contribution is 8.18. The van der Waals surface area contributed by atoms with E-state index in [1.165, 1.54) is 4.90 Å². The van der Waals surface area contributed by atoms with Gasteiger partial charge in [0.2, 0.25) is 0 Å². The van der Waals surface area contributed by atoms with E-state index < -0.39 is 0 Å². The van der Waals surface area contributed by atoms with Gasteiger partial charge in [-0.25, -0.2) is 0 Å². The van der Waals surface area contributed by atoms with Crippen LogP contribution < -0.4 is 9.47 Å². The van der Waals surface area contributed by atoms with Crippen molar-refractivity contribution in [2.75, 3.05) is 14.2 Å². The number of hydrogen-bond donors (Lipinski definition) is 0. The quantitative estimate of drug-likeness (QED) is 0.339. The van der Waals surface area contributed by atoms with E-state index in [-0.39, 0.29) is 17.7 Å². The van der Waals surface area contributed by atoms with Crippen LogP contribution in [0.1, 0.15) is 16.7 Å². The summed E-state index contributed by atoms with van der Waals surface area (Å²) in [6, 6.07) is 17.7. The summed E-state index contributed by atoms with van der Waals surface area (Å²) in [6.07, 6.45) is 4.09. The number of nitrogens with zero attached hydrogens (tertiary/aromatic N) is 1. The third kappa shape index (κ3) is 4.27. The number of amides is 2. The first-order chi connectivity index (χ1) is 15.5. The molecule has 0 radical (unpaired) electrons. The molecular formula is C26H23NO4S. The van der Waals surface area contributed by atoms with E-state index in [1.54, 1.807) is 32.4 Å². The molecule has 0 saturated carbocycles. The normalized spacial score (nSPS) is 14.9. The second-order valence-corrected chi connectivity index (χ2v) is 8.35. The third-order valence-electron chi connectivity index (χ3n) is 5.27. The van der Waals surface area contributed by atoms with Crippen LogP contribution in [0.25, 0.3) is 16.8 Å². The average molecular weight is 446 g/mol. The van der Waals surface area contributed by atoms with Crippen molar-refractivity contribution in [1.82, 2.24) is 4.90 Å². The van der Waals surface area contributed by atoms with E-state index in [4.69, 9.17) is 9.47 Å². The number of carbonyl (C=O) groups excluding carboxylic acids is 2. The van der Waals surface area contributed by atoms with Gasteiger partial charge in [-0.15, -0.1) is 6.58 Å². The molecule has 1 aliphatic heterocycles. The molecule has 4 rings (SSSR count). The fourth-order valence-corrected chi connectivity index (χ4v) is 4.60. The van der Waals surface area contributed by atoms with Gasteiger partial charge in [-0.05, 0) is 64.4 Å². The molecule has 0 unspecified atom stereocenters. The number of hydrogen-bond acceptors (Lipinski definition) is 5. The molecule has 32 heavy (non-hydrogen) atoms. The van der Waals surface area contributed by atoms with Gasteiger partial charge in [0.25, 0.3) is 11.1 Å². The lowest BCUT2D eigenvalue weighted by molar-refractivity contribution is -0.123. The Bertz CT molecular complexity index is 1250. The second kappa shape index (κ2) is 9.32.